The lowest BCUT2D eigenvalue weighted by molar-refractivity contribution is 0.947. The third-order valence-electron chi connectivity index (χ3n) is 1.84. The minimum Gasteiger partial charge on any atom is -0.289 e. The zero-order chi connectivity index (χ0) is 9.84. The predicted octanol–water partition coefficient (Wildman–Crippen LogP) is 2.66. The summed E-state index contributed by atoms with van der Waals surface area (Å²) in [4.78, 5) is 0. The Balaban J connectivity index is 3.17. The first-order valence-corrected chi connectivity index (χ1v) is 3.93. The van der Waals surface area contributed by atoms with Crippen LogP contribution in [0, 0.1) is 24.8 Å². The molecule has 0 bridgehead atoms. The second-order valence-corrected chi connectivity index (χ2v) is 2.86. The molecule has 0 fully saturated rings. The molecule has 0 heterocycles. The number of hydrogen-bond donors (Lipinski definition) is 2. The summed E-state index contributed by atoms with van der Waals surface area (Å²) in [5, 5.41) is 11.5. The molecule has 4 nitrogen and oxygen atoms in total. The summed E-state index contributed by atoms with van der Waals surface area (Å²) in [6.07, 6.45) is 1.02. The lowest BCUT2D eigenvalue weighted by Gasteiger charge is -2.13. The Morgan fingerprint density at radius 3 is 2.62 bits per heavy atom. The van der Waals surface area contributed by atoms with Crippen LogP contribution < -0.4 is 5.01 Å². The Morgan fingerprint density at radius 2 is 2.08 bits per heavy atom. The van der Waals surface area contributed by atoms with Gasteiger partial charge in [-0.25, -0.2) is 5.01 Å². The van der Waals surface area contributed by atoms with E-state index < -0.39 is 0 Å². The largest absolute Gasteiger partial charge is 0.289 e. The van der Waals surface area contributed by atoms with Crippen molar-refractivity contribution in [1.82, 2.24) is 0 Å². The van der Waals surface area contributed by atoms with Gasteiger partial charge in [-0.2, -0.15) is 5.53 Å². The van der Waals surface area contributed by atoms with Crippen LogP contribution >= 0.6 is 0 Å². The summed E-state index contributed by atoms with van der Waals surface area (Å²) < 4.78 is 0. The van der Waals surface area contributed by atoms with Crippen molar-refractivity contribution in [3.8, 4) is 0 Å². The van der Waals surface area contributed by atoms with E-state index in [0.717, 1.165) is 23.2 Å². The van der Waals surface area contributed by atoms with Crippen molar-refractivity contribution in [1.29, 1.82) is 10.9 Å². The van der Waals surface area contributed by atoms with Crippen LogP contribution in [-0.4, -0.2) is 6.34 Å². The maximum absolute atomic E-state index is 7.05. The number of anilines is 1. The molecule has 0 amide bonds. The first kappa shape index (κ1) is 9.38. The summed E-state index contributed by atoms with van der Waals surface area (Å²) in [5.41, 5.74) is 9.74. The molecule has 1 aromatic carbocycles. The number of aryl methyl sites for hydroxylation is 2. The molecule has 2 N–H and O–H groups in total. The molecule has 0 saturated carbocycles. The molecule has 0 radical (unpaired) electrons. The third-order valence-corrected chi connectivity index (χ3v) is 1.84. The van der Waals surface area contributed by atoms with Crippen molar-refractivity contribution in [2.45, 2.75) is 13.8 Å². The Hall–Kier alpha value is -1.71. The van der Waals surface area contributed by atoms with Crippen LogP contribution in [0.1, 0.15) is 11.1 Å². The van der Waals surface area contributed by atoms with E-state index in [4.69, 9.17) is 10.9 Å². The van der Waals surface area contributed by atoms with Gasteiger partial charge in [-0.1, -0.05) is 17.4 Å². The van der Waals surface area contributed by atoms with Gasteiger partial charge in [0.1, 0.15) is 6.34 Å². The maximum Gasteiger partial charge on any atom is 0.110 e. The number of nitrogens with one attached hydrogen (secondary N) is 2. The van der Waals surface area contributed by atoms with E-state index in [1.54, 1.807) is 0 Å². The zero-order valence-electron chi connectivity index (χ0n) is 7.70. The molecular formula is C9H12N4. The summed E-state index contributed by atoms with van der Waals surface area (Å²) in [6.45, 7) is 3.89. The van der Waals surface area contributed by atoms with Gasteiger partial charge in [-0.3, -0.25) is 5.41 Å². The smallest absolute Gasteiger partial charge is 0.110 e. The number of rotatable bonds is 3. The van der Waals surface area contributed by atoms with Gasteiger partial charge in [0, 0.05) is 0 Å². The lowest BCUT2D eigenvalue weighted by Crippen LogP contribution is -2.12. The Kier molecular flexibility index (Phi) is 2.74. The average Bonchev–Trinajstić information content (AvgIpc) is 2.13. The van der Waals surface area contributed by atoms with E-state index in [1.807, 2.05) is 32.0 Å². The van der Waals surface area contributed by atoms with Crippen LogP contribution in [-0.2, 0) is 0 Å². The minimum atomic E-state index is 0.782. The highest BCUT2D eigenvalue weighted by Crippen LogP contribution is 2.20. The van der Waals surface area contributed by atoms with Gasteiger partial charge in [0.05, 0.1) is 5.69 Å². The van der Waals surface area contributed by atoms with E-state index in [2.05, 4.69) is 5.22 Å². The van der Waals surface area contributed by atoms with E-state index in [9.17, 15) is 0 Å². The van der Waals surface area contributed by atoms with Crippen LogP contribution in [0.2, 0.25) is 0 Å². The molecule has 4 heteroatoms. The number of benzene rings is 1. The molecule has 0 spiro atoms. The lowest BCUT2D eigenvalue weighted by atomic mass is 10.1. The van der Waals surface area contributed by atoms with Crippen LogP contribution in [0.3, 0.4) is 0 Å². The molecular weight excluding hydrogens is 164 g/mol. The Morgan fingerprint density at radius 1 is 1.38 bits per heavy atom. The van der Waals surface area contributed by atoms with Crippen LogP contribution in [0.15, 0.2) is 23.4 Å². The molecule has 68 valence electrons. The maximum atomic E-state index is 7.05. The van der Waals surface area contributed by atoms with Crippen molar-refractivity contribution >= 4 is 12.0 Å². The monoisotopic (exact) mass is 176 g/mol. The summed E-state index contributed by atoms with van der Waals surface area (Å²) in [7, 11) is 0. The first-order valence-electron chi connectivity index (χ1n) is 3.93. The Labute approximate surface area is 77.2 Å². The molecule has 0 aliphatic rings. The molecule has 13 heavy (non-hydrogen) atoms. The molecule has 1 aromatic rings. The fraction of sp³-hybridized carbons (Fsp3) is 0.222. The van der Waals surface area contributed by atoms with Crippen molar-refractivity contribution in [2.75, 3.05) is 5.01 Å². The molecule has 0 atom stereocenters. The van der Waals surface area contributed by atoms with Crippen LogP contribution in [0.5, 0.6) is 0 Å². The van der Waals surface area contributed by atoms with Crippen molar-refractivity contribution in [3.05, 3.63) is 29.3 Å². The van der Waals surface area contributed by atoms with Gasteiger partial charge in [-0.05, 0) is 31.0 Å². The Bertz CT molecular complexity index is 324. The third kappa shape index (κ3) is 1.90. The van der Waals surface area contributed by atoms with E-state index >= 15 is 0 Å². The van der Waals surface area contributed by atoms with Gasteiger partial charge < -0.3 is 0 Å². The molecule has 1 rings (SSSR count). The van der Waals surface area contributed by atoms with Gasteiger partial charge in [0.2, 0.25) is 0 Å². The van der Waals surface area contributed by atoms with Gasteiger partial charge in [-0.15, -0.1) is 0 Å². The van der Waals surface area contributed by atoms with E-state index in [1.165, 1.54) is 5.01 Å². The van der Waals surface area contributed by atoms with Crippen molar-refractivity contribution in [3.63, 3.8) is 0 Å². The first-order chi connectivity index (χ1) is 6.19. The number of hydrogen-bond acceptors (Lipinski definition) is 3. The molecule has 0 aliphatic heterocycles. The topological polar surface area (TPSA) is 63.3 Å². The number of nitrogens with zero attached hydrogens (tertiary/aromatic N) is 2. The molecule has 0 saturated heterocycles. The highest BCUT2D eigenvalue weighted by atomic mass is 15.5. The highest BCUT2D eigenvalue weighted by Gasteiger charge is 2.04. The van der Waals surface area contributed by atoms with E-state index in [-0.39, 0.29) is 0 Å². The predicted molar refractivity (Wildman–Crippen MR) is 52.3 cm³/mol. The van der Waals surface area contributed by atoms with E-state index in [0.29, 0.717) is 0 Å². The quantitative estimate of drug-likeness (QED) is 0.316. The van der Waals surface area contributed by atoms with Crippen LogP contribution in [0.4, 0.5) is 5.69 Å². The SMILES string of the molecule is Cc1ccc(C)c(N(C=N)N=N)c1. The zero-order valence-corrected chi connectivity index (χ0v) is 7.70. The van der Waals surface area contributed by atoms with Gasteiger partial charge in [0.15, 0.2) is 0 Å². The van der Waals surface area contributed by atoms with Gasteiger partial charge >= 0.3 is 0 Å². The summed E-state index contributed by atoms with van der Waals surface area (Å²) in [6, 6.07) is 5.84. The average molecular weight is 176 g/mol. The fourth-order valence-corrected chi connectivity index (χ4v) is 1.12. The summed E-state index contributed by atoms with van der Waals surface area (Å²) >= 11 is 0. The standard InChI is InChI=1S/C9H12N4/c1-7-3-4-8(2)9(5-7)13(6-10)12-11/h3-6,10-11H,1-2H3. The highest BCUT2D eigenvalue weighted by molar-refractivity contribution is 5.77. The second-order valence-electron chi connectivity index (χ2n) is 2.86. The summed E-state index contributed by atoms with van der Waals surface area (Å²) in [5.74, 6) is 0. The van der Waals surface area contributed by atoms with Crippen molar-refractivity contribution in [2.24, 2.45) is 5.22 Å². The minimum absolute atomic E-state index is 0.782. The van der Waals surface area contributed by atoms with Crippen molar-refractivity contribution < 1.29 is 0 Å². The van der Waals surface area contributed by atoms with Crippen LogP contribution in [0.25, 0.3) is 0 Å². The molecule has 0 aromatic heterocycles. The second kappa shape index (κ2) is 3.80. The normalized spacial score (nSPS) is 9.38. The van der Waals surface area contributed by atoms with Gasteiger partial charge in [0.25, 0.3) is 0 Å². The molecule has 0 aliphatic carbocycles. The fourth-order valence-electron chi connectivity index (χ4n) is 1.12. The molecule has 0 unspecified atom stereocenters.